The molecular weight excluding hydrogens is 704 g/mol. The molecule has 0 radical (unpaired) electrons. The monoisotopic (exact) mass is 777 g/mol. The number of carbonyl (C=O) groups is 3. The van der Waals surface area contributed by atoms with Crippen molar-refractivity contribution in [3.05, 3.63) is 36.5 Å². The van der Waals surface area contributed by atoms with Gasteiger partial charge in [-0.15, -0.1) is 0 Å². The molecule has 0 aromatic heterocycles. The molecule has 11 heteroatoms. The summed E-state index contributed by atoms with van der Waals surface area (Å²) in [6.07, 6.45) is 10.1. The summed E-state index contributed by atoms with van der Waals surface area (Å²) in [4.78, 5) is 40.3. The second-order valence-corrected chi connectivity index (χ2v) is 17.6. The minimum atomic E-state index is -2.18. The van der Waals surface area contributed by atoms with Gasteiger partial charge in [0.05, 0.1) is 36.6 Å². The van der Waals surface area contributed by atoms with Gasteiger partial charge < -0.3 is 39.7 Å². The molecule has 0 saturated carbocycles. The lowest BCUT2D eigenvalue weighted by Gasteiger charge is -2.52. The van der Waals surface area contributed by atoms with Crippen LogP contribution in [0.25, 0.3) is 0 Å². The van der Waals surface area contributed by atoms with Gasteiger partial charge in [0.2, 0.25) is 0 Å². The number of Topliss-reactive ketones (excluding diaryl/α,β-unsaturated/α-hetero) is 2. The third kappa shape index (κ3) is 12.1. The molecule has 5 N–H and O–H groups in total. The van der Waals surface area contributed by atoms with E-state index in [4.69, 9.17) is 14.2 Å². The number of aliphatic hydroxyl groups is 5. The summed E-state index contributed by atoms with van der Waals surface area (Å²) in [6, 6.07) is 0. The number of allylic oxidation sites excluding steroid dienone is 4. The largest absolute Gasteiger partial charge is 0.459 e. The third-order valence-corrected chi connectivity index (χ3v) is 12.9. The van der Waals surface area contributed by atoms with Gasteiger partial charge in [-0.25, -0.2) is 4.79 Å². The zero-order chi connectivity index (χ0) is 41.4. The number of ketones is 2. The lowest BCUT2D eigenvalue weighted by atomic mass is 9.75. The van der Waals surface area contributed by atoms with Gasteiger partial charge in [0.1, 0.15) is 17.5 Å². The number of rotatable bonds is 3. The first-order valence-corrected chi connectivity index (χ1v) is 20.8. The number of ether oxygens (including phenoxy) is 3. The quantitative estimate of drug-likeness (QED) is 0.224. The van der Waals surface area contributed by atoms with E-state index in [0.29, 0.717) is 32.1 Å². The van der Waals surface area contributed by atoms with Crippen LogP contribution in [0.2, 0.25) is 0 Å². The van der Waals surface area contributed by atoms with E-state index < -0.39 is 89.0 Å². The molecule has 0 amide bonds. The van der Waals surface area contributed by atoms with Crippen LogP contribution in [0.3, 0.4) is 0 Å². The van der Waals surface area contributed by atoms with Crippen LogP contribution >= 0.6 is 0 Å². The Kier molecular flexibility index (Phi) is 17.5. The van der Waals surface area contributed by atoms with Gasteiger partial charge >= 0.3 is 5.97 Å². The number of carbonyl (C=O) groups excluding carboxylic acids is 3. The lowest BCUT2D eigenvalue weighted by molar-refractivity contribution is -0.347. The number of fused-ring (bicyclic) bond motifs is 2. The molecule has 0 aromatic carbocycles. The van der Waals surface area contributed by atoms with Crippen LogP contribution < -0.4 is 0 Å². The average molecular weight is 777 g/mol. The Hall–Kier alpha value is -2.25. The molecule has 0 aliphatic carbocycles. The van der Waals surface area contributed by atoms with E-state index in [1.165, 1.54) is 39.8 Å². The number of esters is 1. The molecule has 2 fully saturated rings. The Labute approximate surface area is 329 Å². The summed E-state index contributed by atoms with van der Waals surface area (Å²) < 4.78 is 19.7. The summed E-state index contributed by atoms with van der Waals surface area (Å²) in [5.41, 5.74) is -2.18. The molecule has 55 heavy (non-hydrogen) atoms. The summed E-state index contributed by atoms with van der Waals surface area (Å²) in [5.74, 6) is -6.86. The van der Waals surface area contributed by atoms with Gasteiger partial charge in [-0.1, -0.05) is 85.8 Å². The molecule has 3 aliphatic rings. The Morgan fingerprint density at radius 2 is 1.49 bits per heavy atom. The van der Waals surface area contributed by atoms with Gasteiger partial charge in [0.15, 0.2) is 11.6 Å². The van der Waals surface area contributed by atoms with E-state index in [1.807, 2.05) is 25.2 Å². The van der Waals surface area contributed by atoms with Gasteiger partial charge in [-0.3, -0.25) is 9.59 Å². The molecule has 1 spiro atoms. The van der Waals surface area contributed by atoms with E-state index in [1.54, 1.807) is 20.8 Å². The van der Waals surface area contributed by atoms with E-state index in [0.717, 1.165) is 19.3 Å². The van der Waals surface area contributed by atoms with Crippen molar-refractivity contribution in [2.24, 2.45) is 47.3 Å². The van der Waals surface area contributed by atoms with Crippen molar-refractivity contribution in [2.75, 3.05) is 0 Å². The van der Waals surface area contributed by atoms with Crippen LogP contribution in [0.15, 0.2) is 36.5 Å². The number of aliphatic hydroxyl groups excluding tert-OH is 4. The molecule has 0 aromatic rings. The Balaban J connectivity index is 1.95. The van der Waals surface area contributed by atoms with E-state index in [9.17, 15) is 39.9 Å². The minimum absolute atomic E-state index is 0.144. The molecule has 2 bridgehead atoms. The number of hydrogen-bond donors (Lipinski definition) is 5. The van der Waals surface area contributed by atoms with Gasteiger partial charge in [-0.05, 0) is 70.1 Å². The van der Waals surface area contributed by atoms with Crippen molar-refractivity contribution >= 4 is 17.5 Å². The highest BCUT2D eigenvalue weighted by Crippen LogP contribution is 2.46. The van der Waals surface area contributed by atoms with Crippen LogP contribution in [-0.2, 0) is 28.6 Å². The Morgan fingerprint density at radius 1 is 0.836 bits per heavy atom. The molecule has 2 unspecified atom stereocenters. The van der Waals surface area contributed by atoms with Gasteiger partial charge in [-0.2, -0.15) is 0 Å². The highest BCUT2D eigenvalue weighted by molar-refractivity contribution is 5.91. The Bertz CT molecular complexity index is 1350. The fraction of sp³-hybridized carbons (Fsp3) is 0.795. The van der Waals surface area contributed by atoms with Crippen LogP contribution in [0.4, 0.5) is 0 Å². The second-order valence-electron chi connectivity index (χ2n) is 17.6. The van der Waals surface area contributed by atoms with E-state index in [-0.39, 0.29) is 30.0 Å². The van der Waals surface area contributed by atoms with Crippen molar-refractivity contribution in [3.8, 4) is 0 Å². The normalized spacial score (nSPS) is 46.1. The number of hydrogen-bond acceptors (Lipinski definition) is 11. The zero-order valence-corrected chi connectivity index (χ0v) is 35.0. The second kappa shape index (κ2) is 20.4. The molecule has 11 nitrogen and oxygen atoms in total. The summed E-state index contributed by atoms with van der Waals surface area (Å²) in [5, 5.41) is 54.9. The van der Waals surface area contributed by atoms with Crippen LogP contribution in [-0.4, -0.2) is 97.2 Å². The van der Waals surface area contributed by atoms with Crippen LogP contribution in [0.5, 0.6) is 0 Å². The fourth-order valence-corrected chi connectivity index (χ4v) is 8.60. The first kappa shape index (κ1) is 47.1. The van der Waals surface area contributed by atoms with E-state index >= 15 is 0 Å². The molecular formula is C44H72O11. The van der Waals surface area contributed by atoms with Crippen LogP contribution in [0.1, 0.15) is 121 Å². The summed E-state index contributed by atoms with van der Waals surface area (Å²) >= 11 is 0. The molecule has 17 atom stereocenters. The molecule has 3 rings (SSSR count). The maximum absolute atomic E-state index is 13.5. The van der Waals surface area contributed by atoms with Crippen molar-refractivity contribution in [1.82, 2.24) is 0 Å². The Morgan fingerprint density at radius 3 is 2.13 bits per heavy atom. The lowest BCUT2D eigenvalue weighted by Crippen LogP contribution is -2.57. The highest BCUT2D eigenvalue weighted by atomic mass is 16.7. The third-order valence-electron chi connectivity index (χ3n) is 12.9. The van der Waals surface area contributed by atoms with Crippen LogP contribution in [0, 0.1) is 47.3 Å². The standard InChI is InChI=1S/C44H72O11/c1-11-33-16-14-12-13-15-27(4)41(50)43(10,52)42(51)32(9)40(49)31(8)39(48)30(7)38(47)26(3)17-20-37(46)53-36-24-44(54-34(19-18-33)29(36)6)22-21-25(2)35(55-44)23-28(5)45/h12-14,16-17,20,25-36,38,40-41,45,47,49-50,52H,11,15,18-19,21-24H2,1-10H3/b13-12+,16-14-,20-17+/t25-,26-,27+,28+,29-,30-,31-,32-,33-,34?,35-,36?,38+,40+,41-,43+,44-/m1/s1. The highest BCUT2D eigenvalue weighted by Gasteiger charge is 2.51. The van der Waals surface area contributed by atoms with Crippen molar-refractivity contribution < 1.29 is 54.1 Å². The topological polar surface area (TPSA) is 180 Å². The van der Waals surface area contributed by atoms with Crippen molar-refractivity contribution in [2.45, 2.75) is 175 Å². The molecule has 3 aliphatic heterocycles. The first-order valence-electron chi connectivity index (χ1n) is 20.8. The van der Waals surface area contributed by atoms with E-state index in [2.05, 4.69) is 19.9 Å². The van der Waals surface area contributed by atoms with Crippen molar-refractivity contribution in [1.29, 1.82) is 0 Å². The van der Waals surface area contributed by atoms with Crippen molar-refractivity contribution in [3.63, 3.8) is 0 Å². The maximum atomic E-state index is 13.5. The first-order chi connectivity index (χ1) is 25.6. The maximum Gasteiger partial charge on any atom is 0.330 e. The van der Waals surface area contributed by atoms with Gasteiger partial charge in [0.25, 0.3) is 0 Å². The fourth-order valence-electron chi connectivity index (χ4n) is 8.60. The SMILES string of the molecule is CC[C@@H]1/C=C\C=C\C[C@H](C)[C@@H](O)[C@](C)(O)C(=O)[C@H](C)[C@@H](O)[C@H](C)C(=O)[C@H](C)[C@@H](O)[C@H](C)/C=C/C(=O)OC2C[C@]3(CC[C@@H](C)[C@@H](C[C@H](C)O)O3)OC(CC1)[C@H]2C. The summed E-state index contributed by atoms with van der Waals surface area (Å²) in [6.45, 7) is 17.1. The zero-order valence-electron chi connectivity index (χ0n) is 35.0. The van der Waals surface area contributed by atoms with Gasteiger partial charge in [0, 0.05) is 48.5 Å². The summed E-state index contributed by atoms with van der Waals surface area (Å²) in [7, 11) is 0. The predicted octanol–water partition coefficient (Wildman–Crippen LogP) is 5.64. The molecule has 314 valence electrons. The molecule has 3 heterocycles. The predicted molar refractivity (Wildman–Crippen MR) is 210 cm³/mol. The minimum Gasteiger partial charge on any atom is -0.459 e. The smallest absolute Gasteiger partial charge is 0.330 e. The molecule has 2 saturated heterocycles. The average Bonchev–Trinajstić information content (AvgIpc) is 3.14.